The summed E-state index contributed by atoms with van der Waals surface area (Å²) in [6.45, 7) is 7.62. The fraction of sp³-hybridized carbons (Fsp3) is 0.700. The van der Waals surface area contributed by atoms with Crippen LogP contribution in [-0.2, 0) is 14.3 Å². The Bertz CT molecular complexity index is 216. The number of carbonyl (C=O) groups is 1. The Morgan fingerprint density at radius 1 is 1.50 bits per heavy atom. The van der Waals surface area contributed by atoms with Crippen molar-refractivity contribution in [2.45, 2.75) is 32.8 Å². The van der Waals surface area contributed by atoms with E-state index in [1.54, 1.807) is 0 Å². The van der Waals surface area contributed by atoms with Gasteiger partial charge in [-0.2, -0.15) is 0 Å². The number of hydrogen-bond acceptors (Lipinski definition) is 4. The molecule has 0 aliphatic carbocycles. The fourth-order valence-corrected chi connectivity index (χ4v) is 0.798. The zero-order chi connectivity index (χ0) is 11.0. The van der Waals surface area contributed by atoms with Crippen LogP contribution < -0.4 is 5.32 Å². The fourth-order valence-electron chi connectivity index (χ4n) is 0.798. The Hall–Kier alpha value is -1.12. The van der Waals surface area contributed by atoms with Crippen LogP contribution in [0.3, 0.4) is 0 Å². The molecule has 14 heavy (non-hydrogen) atoms. The first-order valence-electron chi connectivity index (χ1n) is 4.54. The molecule has 1 N–H and O–H groups in total. The SMILES string of the molecule is CC(C)(C)OC=O.O=C=C1CCNC1. The third-order valence-corrected chi connectivity index (χ3v) is 1.49. The number of rotatable bonds is 1. The van der Waals surface area contributed by atoms with E-state index in [0.29, 0.717) is 6.47 Å². The summed E-state index contributed by atoms with van der Waals surface area (Å²) in [5.41, 5.74) is 0.557. The topological polar surface area (TPSA) is 55.4 Å². The quantitative estimate of drug-likeness (QED) is 0.499. The highest BCUT2D eigenvalue weighted by Crippen LogP contribution is 2.02. The van der Waals surface area contributed by atoms with Gasteiger partial charge in [0.15, 0.2) is 0 Å². The van der Waals surface area contributed by atoms with Crippen molar-refractivity contribution in [3.8, 4) is 0 Å². The second-order valence-corrected chi connectivity index (χ2v) is 3.96. The van der Waals surface area contributed by atoms with Gasteiger partial charge in [-0.25, -0.2) is 4.79 Å². The summed E-state index contributed by atoms with van der Waals surface area (Å²) in [5, 5.41) is 3.02. The van der Waals surface area contributed by atoms with Gasteiger partial charge < -0.3 is 10.1 Å². The van der Waals surface area contributed by atoms with Gasteiger partial charge in [-0.3, -0.25) is 4.79 Å². The molecule has 1 aliphatic rings. The van der Waals surface area contributed by atoms with Crippen molar-refractivity contribution >= 4 is 12.4 Å². The standard InChI is InChI=1S/C5H7NO.C5H10O2/c7-4-5-1-2-6-3-5;1-5(2,3)7-4-6/h6H,1-3H2;4H,1-3H3. The molecular formula is C10H17NO3. The molecule has 1 fully saturated rings. The molecule has 0 spiro atoms. The predicted molar refractivity (Wildman–Crippen MR) is 53.6 cm³/mol. The Labute approximate surface area is 84.3 Å². The summed E-state index contributed by atoms with van der Waals surface area (Å²) in [6.07, 6.45) is 0.892. The Kier molecular flexibility index (Phi) is 5.84. The van der Waals surface area contributed by atoms with Gasteiger partial charge in [0.05, 0.1) is 0 Å². The van der Waals surface area contributed by atoms with Crippen LogP contribution in [0.1, 0.15) is 27.2 Å². The van der Waals surface area contributed by atoms with Gasteiger partial charge in [-0.05, 0) is 33.7 Å². The third-order valence-electron chi connectivity index (χ3n) is 1.49. The third kappa shape index (κ3) is 7.53. The van der Waals surface area contributed by atoms with Gasteiger partial charge in [0.1, 0.15) is 11.5 Å². The molecule has 80 valence electrons. The molecule has 0 aromatic rings. The van der Waals surface area contributed by atoms with Crippen LogP contribution in [0.4, 0.5) is 0 Å². The van der Waals surface area contributed by atoms with E-state index in [-0.39, 0.29) is 5.60 Å². The minimum atomic E-state index is -0.318. The summed E-state index contributed by atoms with van der Waals surface area (Å²) >= 11 is 0. The van der Waals surface area contributed by atoms with Crippen molar-refractivity contribution < 1.29 is 14.3 Å². The first-order valence-corrected chi connectivity index (χ1v) is 4.54. The van der Waals surface area contributed by atoms with Crippen LogP contribution in [0.5, 0.6) is 0 Å². The van der Waals surface area contributed by atoms with Crippen molar-refractivity contribution in [3.05, 3.63) is 5.57 Å². The average molecular weight is 199 g/mol. The van der Waals surface area contributed by atoms with Gasteiger partial charge >= 0.3 is 0 Å². The molecule has 1 saturated heterocycles. The predicted octanol–water partition coefficient (Wildman–Crippen LogP) is 0.696. The van der Waals surface area contributed by atoms with Crippen LogP contribution in [0.2, 0.25) is 0 Å². The largest absolute Gasteiger partial charge is 0.462 e. The van der Waals surface area contributed by atoms with E-state index < -0.39 is 0 Å². The van der Waals surface area contributed by atoms with Crippen molar-refractivity contribution in [1.29, 1.82) is 0 Å². The van der Waals surface area contributed by atoms with Crippen LogP contribution in [0.25, 0.3) is 0 Å². The van der Waals surface area contributed by atoms with Crippen molar-refractivity contribution in [3.63, 3.8) is 0 Å². The van der Waals surface area contributed by atoms with Crippen LogP contribution in [-0.4, -0.2) is 31.1 Å². The van der Waals surface area contributed by atoms with Crippen LogP contribution in [0.15, 0.2) is 5.57 Å². The zero-order valence-corrected chi connectivity index (χ0v) is 8.92. The molecule has 0 aromatic carbocycles. The highest BCUT2D eigenvalue weighted by Gasteiger charge is 2.07. The van der Waals surface area contributed by atoms with Gasteiger partial charge in [-0.1, -0.05) is 0 Å². The average Bonchev–Trinajstić information content (AvgIpc) is 2.54. The summed E-state index contributed by atoms with van der Waals surface area (Å²) in [4.78, 5) is 19.4. The number of carbonyl (C=O) groups excluding carboxylic acids is 2. The van der Waals surface area contributed by atoms with Gasteiger partial charge in [0, 0.05) is 12.1 Å². The maximum absolute atomic E-state index is 9.81. The first-order chi connectivity index (χ1) is 6.49. The van der Waals surface area contributed by atoms with Gasteiger partial charge in [-0.15, -0.1) is 0 Å². The van der Waals surface area contributed by atoms with Gasteiger partial charge in [0.25, 0.3) is 6.47 Å². The van der Waals surface area contributed by atoms with E-state index in [1.165, 1.54) is 0 Å². The summed E-state index contributed by atoms with van der Waals surface area (Å²) < 4.78 is 4.55. The van der Waals surface area contributed by atoms with Crippen molar-refractivity contribution in [1.82, 2.24) is 5.32 Å². The highest BCUT2D eigenvalue weighted by molar-refractivity contribution is 5.53. The lowest BCUT2D eigenvalue weighted by atomic mass is 10.2. The molecule has 1 aliphatic heterocycles. The number of hydrogen-bond donors (Lipinski definition) is 1. The maximum Gasteiger partial charge on any atom is 0.293 e. The second-order valence-electron chi connectivity index (χ2n) is 3.96. The van der Waals surface area contributed by atoms with E-state index in [0.717, 1.165) is 25.1 Å². The van der Waals surface area contributed by atoms with Crippen LogP contribution in [0, 0.1) is 0 Å². The zero-order valence-electron chi connectivity index (χ0n) is 8.92. The Morgan fingerprint density at radius 3 is 2.29 bits per heavy atom. The van der Waals surface area contributed by atoms with E-state index in [9.17, 15) is 9.59 Å². The first kappa shape index (κ1) is 12.9. The molecule has 0 amide bonds. The Balaban J connectivity index is 0.000000241. The van der Waals surface area contributed by atoms with Gasteiger partial charge in [0.2, 0.25) is 0 Å². The molecule has 4 heteroatoms. The minimum Gasteiger partial charge on any atom is -0.462 e. The van der Waals surface area contributed by atoms with Crippen molar-refractivity contribution in [2.75, 3.05) is 13.1 Å². The normalized spacial score (nSPS) is 15.2. The molecule has 0 atom stereocenters. The molecule has 0 radical (unpaired) electrons. The molecule has 0 saturated carbocycles. The molecule has 0 bridgehead atoms. The summed E-state index contributed by atoms with van der Waals surface area (Å²) in [7, 11) is 0. The smallest absolute Gasteiger partial charge is 0.293 e. The monoisotopic (exact) mass is 199 g/mol. The molecule has 0 unspecified atom stereocenters. The lowest BCUT2D eigenvalue weighted by Gasteiger charge is -2.14. The molecule has 1 heterocycles. The molecule has 0 aromatic heterocycles. The Morgan fingerprint density at radius 2 is 2.14 bits per heavy atom. The summed E-state index contributed by atoms with van der Waals surface area (Å²) in [5.74, 6) is 1.87. The van der Waals surface area contributed by atoms with E-state index >= 15 is 0 Å². The van der Waals surface area contributed by atoms with E-state index in [4.69, 9.17) is 0 Å². The van der Waals surface area contributed by atoms with Crippen LogP contribution >= 0.6 is 0 Å². The van der Waals surface area contributed by atoms with Crippen molar-refractivity contribution in [2.24, 2.45) is 0 Å². The molecular weight excluding hydrogens is 182 g/mol. The molecule has 4 nitrogen and oxygen atoms in total. The minimum absolute atomic E-state index is 0.318. The number of ether oxygens (including phenoxy) is 1. The lowest BCUT2D eigenvalue weighted by Crippen LogP contribution is -2.17. The highest BCUT2D eigenvalue weighted by atomic mass is 16.5. The van der Waals surface area contributed by atoms with E-state index in [2.05, 4.69) is 10.1 Å². The molecule has 1 rings (SSSR count). The lowest BCUT2D eigenvalue weighted by molar-refractivity contribution is -0.138. The maximum atomic E-state index is 9.81. The number of nitrogens with one attached hydrogen (secondary N) is 1. The second kappa shape index (κ2) is 6.35. The van der Waals surface area contributed by atoms with E-state index in [1.807, 2.05) is 26.7 Å². The summed E-state index contributed by atoms with van der Waals surface area (Å²) in [6, 6.07) is 0.